The van der Waals surface area contributed by atoms with Gasteiger partial charge >= 0.3 is 6.09 Å². The summed E-state index contributed by atoms with van der Waals surface area (Å²) in [7, 11) is 3.44. The maximum Gasteiger partial charge on any atom is 0.409 e. The van der Waals surface area contributed by atoms with Crippen molar-refractivity contribution in [2.45, 2.75) is 130 Å². The lowest BCUT2D eigenvalue weighted by molar-refractivity contribution is -0.185. The normalized spacial score (nSPS) is 53.9. The lowest BCUT2D eigenvalue weighted by Crippen LogP contribution is -2.59. The molecule has 2 N–H and O–H groups in total. The lowest BCUT2D eigenvalue weighted by Gasteiger charge is -2.63. The first kappa shape index (κ1) is 28.3. The minimum absolute atomic E-state index is 0.0192. The summed E-state index contributed by atoms with van der Waals surface area (Å²) in [5, 5.41) is 23.4. The summed E-state index contributed by atoms with van der Waals surface area (Å²) < 4.78 is 12.9. The number of amides is 1. The molecule has 39 heavy (non-hydrogen) atoms. The highest BCUT2D eigenvalue weighted by Gasteiger charge is 2.84. The van der Waals surface area contributed by atoms with Crippen LogP contribution in [0.25, 0.3) is 0 Å². The third-order valence-electron chi connectivity index (χ3n) is 14.4. The molecule has 0 aromatic rings. The van der Waals surface area contributed by atoms with Gasteiger partial charge in [-0.25, -0.2) is 4.79 Å². The van der Waals surface area contributed by atoms with Crippen molar-refractivity contribution in [3.8, 4) is 0 Å². The predicted octanol–water partition coefficient (Wildman–Crippen LogP) is 5.88. The summed E-state index contributed by atoms with van der Waals surface area (Å²) in [5.41, 5.74) is 0.434. The fourth-order valence-electron chi connectivity index (χ4n) is 12.4. The Balaban J connectivity index is 1.32. The van der Waals surface area contributed by atoms with Gasteiger partial charge in [0.2, 0.25) is 0 Å². The molecule has 4 unspecified atom stereocenters. The predicted molar refractivity (Wildman–Crippen MR) is 151 cm³/mol. The van der Waals surface area contributed by atoms with Crippen molar-refractivity contribution in [1.82, 2.24) is 4.90 Å². The van der Waals surface area contributed by atoms with Crippen LogP contribution in [-0.4, -0.2) is 65.8 Å². The van der Waals surface area contributed by atoms with E-state index in [0.717, 1.165) is 32.1 Å². The van der Waals surface area contributed by atoms with E-state index in [2.05, 4.69) is 48.5 Å². The number of nitrogens with zero attached hydrogens (tertiary/aromatic N) is 1. The molecule has 13 atom stereocenters. The van der Waals surface area contributed by atoms with Crippen LogP contribution in [0.15, 0.2) is 0 Å². The van der Waals surface area contributed by atoms with E-state index >= 15 is 0 Å². The van der Waals surface area contributed by atoms with Gasteiger partial charge in [-0.3, -0.25) is 0 Å². The van der Waals surface area contributed by atoms with Gasteiger partial charge in [0.25, 0.3) is 0 Å². The highest BCUT2D eigenvalue weighted by Crippen LogP contribution is 2.89. The average molecular weight is 546 g/mol. The van der Waals surface area contributed by atoms with E-state index < -0.39 is 6.10 Å². The van der Waals surface area contributed by atoms with Gasteiger partial charge in [-0.05, 0) is 103 Å². The Morgan fingerprint density at radius 2 is 1.62 bits per heavy atom. The SMILES string of the molecule is CC(C)[C@@H](OC(=O)N(C)C)C1C[C@@H](C)[C@H]2C(O1)[C@H](O)[C@@]1(C)C3CC[C@H]4C(C)(C)[C@@H](O)CC[C@@]45CC35CC[C@]21C. The zero-order valence-electron chi connectivity index (χ0n) is 26.0. The number of hydrogen-bond donors (Lipinski definition) is 2. The molecule has 0 aromatic heterocycles. The van der Waals surface area contributed by atoms with Crippen LogP contribution in [0.2, 0.25) is 0 Å². The Morgan fingerprint density at radius 3 is 2.26 bits per heavy atom. The van der Waals surface area contributed by atoms with Gasteiger partial charge in [0, 0.05) is 19.5 Å². The van der Waals surface area contributed by atoms with E-state index in [4.69, 9.17) is 9.47 Å². The minimum atomic E-state index is -0.520. The van der Waals surface area contributed by atoms with Gasteiger partial charge in [0.1, 0.15) is 6.10 Å². The third kappa shape index (κ3) is 3.34. The van der Waals surface area contributed by atoms with Crippen molar-refractivity contribution in [2.75, 3.05) is 14.1 Å². The number of aliphatic hydroxyl groups excluding tert-OH is 2. The molecule has 1 heterocycles. The zero-order valence-corrected chi connectivity index (χ0v) is 26.0. The van der Waals surface area contributed by atoms with E-state index in [9.17, 15) is 15.0 Å². The number of carbonyl (C=O) groups excluding carboxylic acids is 1. The molecular formula is C33H55NO5. The molecule has 6 aliphatic rings. The fourth-order valence-corrected chi connectivity index (χ4v) is 12.4. The number of fused-ring (bicyclic) bond motifs is 4. The van der Waals surface area contributed by atoms with Crippen LogP contribution in [0.4, 0.5) is 4.79 Å². The van der Waals surface area contributed by atoms with E-state index in [1.54, 1.807) is 14.1 Å². The summed E-state index contributed by atoms with van der Waals surface area (Å²) in [5.74, 6) is 1.90. The molecule has 0 aromatic carbocycles. The quantitative estimate of drug-likeness (QED) is 0.463. The number of hydrogen-bond acceptors (Lipinski definition) is 5. The van der Waals surface area contributed by atoms with Crippen LogP contribution in [0.1, 0.15) is 99.8 Å². The van der Waals surface area contributed by atoms with Crippen LogP contribution in [0.3, 0.4) is 0 Å². The van der Waals surface area contributed by atoms with Crippen LogP contribution in [-0.2, 0) is 9.47 Å². The fraction of sp³-hybridized carbons (Fsp3) is 0.970. The summed E-state index contributed by atoms with van der Waals surface area (Å²) in [4.78, 5) is 14.0. The maximum atomic E-state index is 12.5. The van der Waals surface area contributed by atoms with Gasteiger partial charge in [-0.2, -0.15) is 0 Å². The molecule has 6 fully saturated rings. The molecule has 222 valence electrons. The molecule has 2 spiro atoms. The third-order valence-corrected chi connectivity index (χ3v) is 14.4. The van der Waals surface area contributed by atoms with Crippen molar-refractivity contribution >= 4 is 6.09 Å². The van der Waals surface area contributed by atoms with E-state index in [1.807, 2.05) is 0 Å². The van der Waals surface area contributed by atoms with Gasteiger partial charge < -0.3 is 24.6 Å². The molecular weight excluding hydrogens is 490 g/mol. The standard InChI is InChI=1S/C33H55NO5/c1-18(2)25(39-28(37)34(8)9)20-16-19(3)24-26(38-20)27(36)31(7)22-11-10-21-29(4,5)23(35)12-13-32(21)17-33(22,32)15-14-30(24,31)6/h18-27,35-36H,10-17H2,1-9H3/t19-,20?,21+,22?,23+,24+,25-,26?,27+,30-,31-,32-,33?/m1/s1. The Morgan fingerprint density at radius 1 is 0.974 bits per heavy atom. The Hall–Kier alpha value is -0.850. The minimum Gasteiger partial charge on any atom is -0.443 e. The van der Waals surface area contributed by atoms with Crippen molar-refractivity contribution in [3.63, 3.8) is 0 Å². The summed E-state index contributed by atoms with van der Waals surface area (Å²) in [6.45, 7) is 16.1. The summed E-state index contributed by atoms with van der Waals surface area (Å²) in [6.07, 6.45) is 7.13. The number of ether oxygens (including phenoxy) is 2. The Labute approximate surface area is 236 Å². The Kier molecular flexibility index (Phi) is 6.23. The van der Waals surface area contributed by atoms with E-state index in [-0.39, 0.29) is 52.7 Å². The number of aliphatic hydroxyl groups is 2. The molecule has 6 nitrogen and oxygen atoms in total. The number of rotatable bonds is 3. The van der Waals surface area contributed by atoms with Crippen molar-refractivity contribution < 1.29 is 24.5 Å². The van der Waals surface area contributed by atoms with Crippen molar-refractivity contribution in [3.05, 3.63) is 0 Å². The average Bonchev–Trinajstić information content (AvgIpc) is 3.49. The highest BCUT2D eigenvalue weighted by atomic mass is 16.6. The molecule has 0 radical (unpaired) electrons. The molecule has 6 rings (SSSR count). The summed E-state index contributed by atoms with van der Waals surface area (Å²) in [6, 6.07) is 0. The van der Waals surface area contributed by atoms with Crippen LogP contribution >= 0.6 is 0 Å². The second-order valence-electron chi connectivity index (χ2n) is 16.6. The Bertz CT molecular complexity index is 1010. The van der Waals surface area contributed by atoms with Crippen molar-refractivity contribution in [2.24, 2.45) is 56.7 Å². The molecule has 5 aliphatic carbocycles. The van der Waals surface area contributed by atoms with Gasteiger partial charge in [-0.1, -0.05) is 48.5 Å². The maximum absolute atomic E-state index is 12.5. The molecule has 1 aliphatic heterocycles. The number of carbonyl (C=O) groups is 1. The van der Waals surface area contributed by atoms with E-state index in [0.29, 0.717) is 34.5 Å². The first-order valence-corrected chi connectivity index (χ1v) is 16.0. The molecule has 1 saturated heterocycles. The monoisotopic (exact) mass is 545 g/mol. The van der Waals surface area contributed by atoms with E-state index in [1.165, 1.54) is 24.2 Å². The topological polar surface area (TPSA) is 79.2 Å². The largest absolute Gasteiger partial charge is 0.443 e. The molecule has 6 heteroatoms. The van der Waals surface area contributed by atoms with Crippen LogP contribution < -0.4 is 0 Å². The smallest absolute Gasteiger partial charge is 0.409 e. The second-order valence-corrected chi connectivity index (χ2v) is 16.6. The first-order chi connectivity index (χ1) is 18.1. The van der Waals surface area contributed by atoms with Crippen molar-refractivity contribution in [1.29, 1.82) is 0 Å². The van der Waals surface area contributed by atoms with Crippen LogP contribution in [0, 0.1) is 56.7 Å². The second kappa shape index (κ2) is 8.60. The van der Waals surface area contributed by atoms with Gasteiger partial charge in [0.05, 0.1) is 24.4 Å². The molecule has 5 saturated carbocycles. The van der Waals surface area contributed by atoms with Gasteiger partial charge in [-0.15, -0.1) is 0 Å². The lowest BCUT2D eigenvalue weighted by atomic mass is 9.41. The molecule has 0 bridgehead atoms. The summed E-state index contributed by atoms with van der Waals surface area (Å²) >= 11 is 0. The molecule has 1 amide bonds. The van der Waals surface area contributed by atoms with Crippen LogP contribution in [0.5, 0.6) is 0 Å². The highest BCUT2D eigenvalue weighted by molar-refractivity contribution is 5.67. The van der Waals surface area contributed by atoms with Gasteiger partial charge in [0.15, 0.2) is 0 Å². The zero-order chi connectivity index (χ0) is 28.5. The first-order valence-electron chi connectivity index (χ1n) is 16.0.